The van der Waals surface area contributed by atoms with Crippen LogP contribution in [0.15, 0.2) is 73.2 Å². The summed E-state index contributed by atoms with van der Waals surface area (Å²) in [5.74, 6) is 2.66. The van der Waals surface area contributed by atoms with Crippen LogP contribution < -0.4 is 0 Å². The maximum Gasteiger partial charge on any atom is 0.116 e. The van der Waals surface area contributed by atoms with E-state index in [4.69, 9.17) is 9.97 Å². The largest absolute Gasteiger partial charge is 0.342 e. The van der Waals surface area contributed by atoms with Gasteiger partial charge in [0.1, 0.15) is 18.0 Å². The van der Waals surface area contributed by atoms with Gasteiger partial charge < -0.3 is 9.97 Å². The number of fused-ring (bicyclic) bond motifs is 11. The zero-order valence-corrected chi connectivity index (χ0v) is 22.9. The van der Waals surface area contributed by atoms with Crippen molar-refractivity contribution >= 4 is 65.3 Å². The highest BCUT2D eigenvalue weighted by atomic mass is 14.9. The number of H-pyrrole nitrogens is 2. The topological polar surface area (TPSA) is 83.1 Å². The summed E-state index contributed by atoms with van der Waals surface area (Å²) in [5, 5.41) is 8.10. The van der Waals surface area contributed by atoms with Crippen molar-refractivity contribution in [1.29, 1.82) is 0 Å². The Kier molecular flexibility index (Phi) is 4.81. The van der Waals surface area contributed by atoms with E-state index in [-0.39, 0.29) is 0 Å². The lowest BCUT2D eigenvalue weighted by atomic mass is 9.95. The summed E-state index contributed by atoms with van der Waals surface area (Å²) < 4.78 is 0. The van der Waals surface area contributed by atoms with Crippen LogP contribution in [0.25, 0.3) is 76.4 Å². The van der Waals surface area contributed by atoms with Gasteiger partial charge in [0.15, 0.2) is 0 Å². The second kappa shape index (κ2) is 8.33. The van der Waals surface area contributed by atoms with Gasteiger partial charge in [0.2, 0.25) is 0 Å². The van der Waals surface area contributed by atoms with Crippen molar-refractivity contribution in [3.8, 4) is 11.1 Å². The standard InChI is InChI=1S/C34H28N6/c1-17(2)33-37-28-12-11-23-22-8-5-19(13-21(22)7-10-24(23)29(28)38-33)20-6-9-25-26(14-20)27-15-35-16-36-30(27)32-31(25)39-34(40-32)18(3)4/h5-18H,1-4H3,(H,37,38)(H,39,40). The normalized spacial score (nSPS) is 12.4. The minimum Gasteiger partial charge on any atom is -0.342 e. The molecule has 3 heterocycles. The van der Waals surface area contributed by atoms with Gasteiger partial charge in [0.25, 0.3) is 0 Å². The molecule has 0 aliphatic rings. The second-order valence-electron chi connectivity index (χ2n) is 11.4. The van der Waals surface area contributed by atoms with Crippen LogP contribution in [0.1, 0.15) is 51.2 Å². The summed E-state index contributed by atoms with van der Waals surface area (Å²) in [6.45, 7) is 8.64. The predicted molar refractivity (Wildman–Crippen MR) is 165 cm³/mol. The van der Waals surface area contributed by atoms with Crippen LogP contribution >= 0.6 is 0 Å². The lowest BCUT2D eigenvalue weighted by molar-refractivity contribution is 0.799. The van der Waals surface area contributed by atoms with Crippen LogP contribution in [0.3, 0.4) is 0 Å². The van der Waals surface area contributed by atoms with E-state index >= 15 is 0 Å². The molecule has 8 aromatic rings. The predicted octanol–water partition coefficient (Wildman–Crippen LogP) is 8.76. The average molecular weight is 521 g/mol. The molecule has 0 atom stereocenters. The molecule has 0 fully saturated rings. The summed E-state index contributed by atoms with van der Waals surface area (Å²) in [7, 11) is 0. The second-order valence-corrected chi connectivity index (χ2v) is 11.4. The highest BCUT2D eigenvalue weighted by molar-refractivity contribution is 6.22. The monoisotopic (exact) mass is 520 g/mol. The van der Waals surface area contributed by atoms with Gasteiger partial charge in [-0.3, -0.25) is 0 Å². The number of imidazole rings is 2. The molecule has 8 rings (SSSR count). The van der Waals surface area contributed by atoms with Gasteiger partial charge in [-0.2, -0.15) is 0 Å². The molecule has 0 saturated carbocycles. The van der Waals surface area contributed by atoms with E-state index in [1.54, 1.807) is 6.33 Å². The SMILES string of the molecule is CC(C)c1nc2c(ccc3c4ccc(-c5ccc6c(c5)c5cncnc5c5[nH]c(C(C)C)nc65)cc4ccc32)[nH]1. The van der Waals surface area contributed by atoms with E-state index in [2.05, 4.69) is 108 Å². The molecule has 0 unspecified atom stereocenters. The molecule has 0 bridgehead atoms. The summed E-state index contributed by atoms with van der Waals surface area (Å²) in [5.41, 5.74) is 7.31. The Hall–Kier alpha value is -4.84. The fourth-order valence-corrected chi connectivity index (χ4v) is 6.00. The minimum atomic E-state index is 0.300. The molecule has 194 valence electrons. The fourth-order valence-electron chi connectivity index (χ4n) is 6.00. The van der Waals surface area contributed by atoms with Crippen LogP contribution in [0, 0.1) is 0 Å². The molecule has 0 spiro atoms. The minimum absolute atomic E-state index is 0.300. The number of benzene rings is 5. The number of nitrogens with zero attached hydrogens (tertiary/aromatic N) is 4. The van der Waals surface area contributed by atoms with E-state index in [0.29, 0.717) is 11.8 Å². The quantitative estimate of drug-likeness (QED) is 0.228. The number of hydrogen-bond acceptors (Lipinski definition) is 4. The van der Waals surface area contributed by atoms with Crippen molar-refractivity contribution in [2.75, 3.05) is 0 Å². The number of rotatable bonds is 3. The lowest BCUT2D eigenvalue weighted by Crippen LogP contribution is -1.88. The van der Waals surface area contributed by atoms with Crippen molar-refractivity contribution < 1.29 is 0 Å². The van der Waals surface area contributed by atoms with Crippen molar-refractivity contribution in [3.05, 3.63) is 84.8 Å². The van der Waals surface area contributed by atoms with Gasteiger partial charge >= 0.3 is 0 Å². The lowest BCUT2D eigenvalue weighted by Gasteiger charge is -2.10. The van der Waals surface area contributed by atoms with Gasteiger partial charge in [-0.1, -0.05) is 70.2 Å². The maximum absolute atomic E-state index is 4.97. The first kappa shape index (κ1) is 23.1. The van der Waals surface area contributed by atoms with Gasteiger partial charge in [0.05, 0.1) is 27.6 Å². The van der Waals surface area contributed by atoms with Crippen LogP contribution in [-0.4, -0.2) is 29.9 Å². The van der Waals surface area contributed by atoms with E-state index in [1.807, 2.05) is 6.20 Å². The molecular formula is C34H28N6. The van der Waals surface area contributed by atoms with Gasteiger partial charge in [-0.15, -0.1) is 0 Å². The third-order valence-corrected chi connectivity index (χ3v) is 8.15. The van der Waals surface area contributed by atoms with Crippen molar-refractivity contribution in [2.24, 2.45) is 0 Å². The summed E-state index contributed by atoms with van der Waals surface area (Å²) in [6, 6.07) is 22.2. The smallest absolute Gasteiger partial charge is 0.116 e. The van der Waals surface area contributed by atoms with Crippen molar-refractivity contribution in [2.45, 2.75) is 39.5 Å². The van der Waals surface area contributed by atoms with Gasteiger partial charge in [-0.25, -0.2) is 19.9 Å². The average Bonchev–Trinajstić information content (AvgIpc) is 3.63. The van der Waals surface area contributed by atoms with E-state index in [9.17, 15) is 0 Å². The highest BCUT2D eigenvalue weighted by Gasteiger charge is 2.17. The van der Waals surface area contributed by atoms with Gasteiger partial charge in [0, 0.05) is 34.2 Å². The first-order valence-electron chi connectivity index (χ1n) is 13.9. The molecule has 0 saturated heterocycles. The molecule has 2 N–H and O–H groups in total. The number of hydrogen-bond donors (Lipinski definition) is 2. The summed E-state index contributed by atoms with van der Waals surface area (Å²) >= 11 is 0. The molecule has 0 radical (unpaired) electrons. The molecule has 6 nitrogen and oxygen atoms in total. The van der Waals surface area contributed by atoms with Crippen LogP contribution in [0.5, 0.6) is 0 Å². The molecular weight excluding hydrogens is 492 g/mol. The highest BCUT2D eigenvalue weighted by Crippen LogP contribution is 2.37. The van der Waals surface area contributed by atoms with E-state index in [1.165, 1.54) is 27.1 Å². The Morgan fingerprint density at radius 2 is 1.25 bits per heavy atom. The van der Waals surface area contributed by atoms with Crippen LogP contribution in [0.2, 0.25) is 0 Å². The van der Waals surface area contributed by atoms with Crippen LogP contribution in [-0.2, 0) is 0 Å². The van der Waals surface area contributed by atoms with Crippen molar-refractivity contribution in [1.82, 2.24) is 29.9 Å². The van der Waals surface area contributed by atoms with E-state index in [0.717, 1.165) is 61.0 Å². The Morgan fingerprint density at radius 1 is 0.575 bits per heavy atom. The molecule has 0 amide bonds. The molecule has 0 aliphatic carbocycles. The maximum atomic E-state index is 4.97. The summed E-state index contributed by atoms with van der Waals surface area (Å²) in [4.78, 5) is 25.9. The summed E-state index contributed by atoms with van der Waals surface area (Å²) in [6.07, 6.45) is 3.53. The Balaban J connectivity index is 1.32. The number of aromatic nitrogens is 6. The fraction of sp³-hybridized carbons (Fsp3) is 0.176. The molecule has 0 aliphatic heterocycles. The molecule has 3 aromatic heterocycles. The molecule has 6 heteroatoms. The zero-order valence-electron chi connectivity index (χ0n) is 22.9. The third kappa shape index (κ3) is 3.29. The number of aromatic amines is 2. The zero-order chi connectivity index (χ0) is 27.1. The molecule has 5 aromatic carbocycles. The number of nitrogens with one attached hydrogen (secondary N) is 2. The van der Waals surface area contributed by atoms with Crippen molar-refractivity contribution in [3.63, 3.8) is 0 Å². The van der Waals surface area contributed by atoms with Crippen LogP contribution in [0.4, 0.5) is 0 Å². The third-order valence-electron chi connectivity index (χ3n) is 8.15. The van der Waals surface area contributed by atoms with E-state index < -0.39 is 0 Å². The molecule has 40 heavy (non-hydrogen) atoms. The van der Waals surface area contributed by atoms with Gasteiger partial charge in [-0.05, 0) is 50.9 Å². The first-order valence-corrected chi connectivity index (χ1v) is 13.9. The Morgan fingerprint density at radius 3 is 2.08 bits per heavy atom. The Bertz CT molecular complexity index is 2290. The Labute approximate surface area is 230 Å². The first-order chi connectivity index (χ1) is 19.5.